The highest BCUT2D eigenvalue weighted by Crippen LogP contribution is 2.27. The van der Waals surface area contributed by atoms with Gasteiger partial charge in [0.2, 0.25) is 0 Å². The number of carbonyl (C=O) groups excluding carboxylic acids is 1. The second kappa shape index (κ2) is 5.41. The summed E-state index contributed by atoms with van der Waals surface area (Å²) in [5, 5.41) is 0. The van der Waals surface area contributed by atoms with E-state index in [2.05, 4.69) is 4.90 Å². The molecule has 0 saturated carbocycles. The van der Waals surface area contributed by atoms with E-state index in [0.29, 0.717) is 5.56 Å². The van der Waals surface area contributed by atoms with Crippen LogP contribution in [-0.4, -0.2) is 30.7 Å². The topological polar surface area (TPSA) is 34.5 Å². The van der Waals surface area contributed by atoms with Gasteiger partial charge in [-0.2, -0.15) is 0 Å². The van der Waals surface area contributed by atoms with Crippen LogP contribution in [0, 0.1) is 0 Å². The number of ether oxygens (including phenoxy) is 1. The summed E-state index contributed by atoms with van der Waals surface area (Å²) in [5.74, 6) is -0.277. The normalized spacial score (nSPS) is 14.6. The van der Waals surface area contributed by atoms with Gasteiger partial charge < -0.3 is 14.2 Å². The average molecular weight is 270 g/mol. The Labute approximate surface area is 118 Å². The minimum atomic E-state index is -0.277. The zero-order valence-electron chi connectivity index (χ0n) is 11.6. The van der Waals surface area contributed by atoms with Gasteiger partial charge in [-0.25, -0.2) is 4.79 Å². The van der Waals surface area contributed by atoms with Crippen LogP contribution in [0.15, 0.2) is 42.7 Å². The van der Waals surface area contributed by atoms with Gasteiger partial charge in [0.1, 0.15) is 0 Å². The molecule has 1 aromatic carbocycles. The molecule has 0 spiro atoms. The van der Waals surface area contributed by atoms with Crippen molar-refractivity contribution in [3.05, 3.63) is 48.3 Å². The van der Waals surface area contributed by atoms with Crippen LogP contribution < -0.4 is 4.90 Å². The molecule has 20 heavy (non-hydrogen) atoms. The maximum absolute atomic E-state index is 12.1. The van der Waals surface area contributed by atoms with Crippen molar-refractivity contribution in [3.8, 4) is 5.69 Å². The minimum Gasteiger partial charge on any atom is -0.465 e. The first-order valence-corrected chi connectivity index (χ1v) is 6.90. The first-order valence-electron chi connectivity index (χ1n) is 6.90. The molecule has 1 fully saturated rings. The van der Waals surface area contributed by atoms with E-state index in [1.807, 2.05) is 47.3 Å². The maximum atomic E-state index is 12.1. The molecule has 1 aliphatic heterocycles. The molecular formula is C16H18N2O2. The van der Waals surface area contributed by atoms with Crippen LogP contribution in [-0.2, 0) is 4.74 Å². The largest absolute Gasteiger partial charge is 0.465 e. The van der Waals surface area contributed by atoms with Gasteiger partial charge >= 0.3 is 5.97 Å². The van der Waals surface area contributed by atoms with Crippen molar-refractivity contribution in [2.75, 3.05) is 25.1 Å². The van der Waals surface area contributed by atoms with Crippen LogP contribution in [0.1, 0.15) is 23.2 Å². The van der Waals surface area contributed by atoms with Crippen LogP contribution in [0.25, 0.3) is 5.69 Å². The van der Waals surface area contributed by atoms with E-state index in [4.69, 9.17) is 4.74 Å². The molecule has 4 nitrogen and oxygen atoms in total. The highest BCUT2D eigenvalue weighted by Gasteiger charge is 2.20. The lowest BCUT2D eigenvalue weighted by molar-refractivity contribution is 0.0601. The van der Waals surface area contributed by atoms with E-state index in [1.54, 1.807) is 0 Å². The van der Waals surface area contributed by atoms with E-state index in [9.17, 15) is 4.79 Å². The van der Waals surface area contributed by atoms with Crippen molar-refractivity contribution in [3.63, 3.8) is 0 Å². The molecule has 0 N–H and O–H groups in total. The third kappa shape index (κ3) is 2.29. The second-order valence-corrected chi connectivity index (χ2v) is 4.98. The highest BCUT2D eigenvalue weighted by atomic mass is 16.5. The van der Waals surface area contributed by atoms with E-state index in [-0.39, 0.29) is 5.97 Å². The molecule has 104 valence electrons. The Bertz CT molecular complexity index is 599. The Balaban J connectivity index is 2.04. The molecule has 0 bridgehead atoms. The van der Waals surface area contributed by atoms with Crippen LogP contribution in [0.3, 0.4) is 0 Å². The number of anilines is 1. The zero-order valence-corrected chi connectivity index (χ0v) is 11.6. The van der Waals surface area contributed by atoms with E-state index < -0.39 is 0 Å². The molecule has 0 aliphatic carbocycles. The van der Waals surface area contributed by atoms with E-state index in [1.165, 1.54) is 20.0 Å². The standard InChI is InChI=1S/C16H18N2O2/c1-20-16(19)14-12-13(17-8-2-3-9-17)6-7-15(14)18-10-4-5-11-18/h2-3,6-9,12H,4-5,10-11H2,1H3. The van der Waals surface area contributed by atoms with Gasteiger partial charge in [0.05, 0.1) is 18.4 Å². The first kappa shape index (κ1) is 12.8. The lowest BCUT2D eigenvalue weighted by Gasteiger charge is -2.21. The molecule has 4 heteroatoms. The summed E-state index contributed by atoms with van der Waals surface area (Å²) >= 11 is 0. The smallest absolute Gasteiger partial charge is 0.340 e. The number of nitrogens with zero attached hydrogens (tertiary/aromatic N) is 2. The average Bonchev–Trinajstić information content (AvgIpc) is 3.18. The third-order valence-corrected chi connectivity index (χ3v) is 3.73. The predicted molar refractivity (Wildman–Crippen MR) is 78.6 cm³/mol. The van der Waals surface area contributed by atoms with Crippen LogP contribution in [0.2, 0.25) is 0 Å². The van der Waals surface area contributed by atoms with Gasteiger partial charge in [-0.05, 0) is 43.2 Å². The zero-order chi connectivity index (χ0) is 13.9. The molecule has 0 radical (unpaired) electrons. The number of hydrogen-bond acceptors (Lipinski definition) is 3. The number of carbonyl (C=O) groups is 1. The molecule has 0 amide bonds. The fourth-order valence-electron chi connectivity index (χ4n) is 2.70. The van der Waals surface area contributed by atoms with Gasteiger partial charge in [0.15, 0.2) is 0 Å². The molecule has 0 atom stereocenters. The Morgan fingerprint density at radius 1 is 1.15 bits per heavy atom. The van der Waals surface area contributed by atoms with E-state index >= 15 is 0 Å². The Morgan fingerprint density at radius 3 is 2.50 bits per heavy atom. The summed E-state index contributed by atoms with van der Waals surface area (Å²) in [6.07, 6.45) is 6.29. The molecule has 0 unspecified atom stereocenters. The van der Waals surface area contributed by atoms with Gasteiger partial charge in [-0.1, -0.05) is 0 Å². The van der Waals surface area contributed by atoms with Crippen molar-refractivity contribution in [1.29, 1.82) is 0 Å². The molecule has 2 aromatic rings. The molecule has 1 aromatic heterocycles. The summed E-state index contributed by atoms with van der Waals surface area (Å²) in [6.45, 7) is 2.01. The molecular weight excluding hydrogens is 252 g/mol. The van der Waals surface area contributed by atoms with Crippen LogP contribution in [0.5, 0.6) is 0 Å². The molecule has 2 heterocycles. The summed E-state index contributed by atoms with van der Waals surface area (Å²) < 4.78 is 6.92. The van der Waals surface area contributed by atoms with E-state index in [0.717, 1.165) is 24.5 Å². The lowest BCUT2D eigenvalue weighted by Crippen LogP contribution is -2.21. The monoisotopic (exact) mass is 270 g/mol. The van der Waals surface area contributed by atoms with Crippen molar-refractivity contribution >= 4 is 11.7 Å². The fraction of sp³-hybridized carbons (Fsp3) is 0.312. The van der Waals surface area contributed by atoms with Crippen molar-refractivity contribution < 1.29 is 9.53 Å². The van der Waals surface area contributed by atoms with Gasteiger partial charge in [0, 0.05) is 31.2 Å². The third-order valence-electron chi connectivity index (χ3n) is 3.73. The SMILES string of the molecule is COC(=O)c1cc(-n2cccc2)ccc1N1CCCC1. The summed E-state index contributed by atoms with van der Waals surface area (Å²) in [6, 6.07) is 9.89. The van der Waals surface area contributed by atoms with Gasteiger partial charge in [-0.15, -0.1) is 0 Å². The first-order chi connectivity index (χ1) is 9.79. The number of hydrogen-bond donors (Lipinski definition) is 0. The van der Waals surface area contributed by atoms with Gasteiger partial charge in [0.25, 0.3) is 0 Å². The van der Waals surface area contributed by atoms with Crippen molar-refractivity contribution in [1.82, 2.24) is 4.57 Å². The second-order valence-electron chi connectivity index (χ2n) is 4.98. The van der Waals surface area contributed by atoms with Crippen LogP contribution >= 0.6 is 0 Å². The summed E-state index contributed by atoms with van der Waals surface area (Å²) in [7, 11) is 1.43. The van der Waals surface area contributed by atoms with Crippen LogP contribution in [0.4, 0.5) is 5.69 Å². The summed E-state index contributed by atoms with van der Waals surface area (Å²) in [5.41, 5.74) is 2.59. The number of rotatable bonds is 3. The Hall–Kier alpha value is -2.23. The van der Waals surface area contributed by atoms with Crippen molar-refractivity contribution in [2.24, 2.45) is 0 Å². The molecule has 1 aliphatic rings. The fourth-order valence-corrected chi connectivity index (χ4v) is 2.70. The maximum Gasteiger partial charge on any atom is 0.340 e. The number of methoxy groups -OCH3 is 1. The molecule has 3 rings (SSSR count). The predicted octanol–water partition coefficient (Wildman–Crippen LogP) is 2.86. The Morgan fingerprint density at radius 2 is 1.85 bits per heavy atom. The minimum absolute atomic E-state index is 0.277. The quantitative estimate of drug-likeness (QED) is 0.804. The highest BCUT2D eigenvalue weighted by molar-refractivity contribution is 5.96. The number of benzene rings is 1. The Kier molecular flexibility index (Phi) is 3.46. The summed E-state index contributed by atoms with van der Waals surface area (Å²) in [4.78, 5) is 14.3. The van der Waals surface area contributed by atoms with Crippen molar-refractivity contribution in [2.45, 2.75) is 12.8 Å². The number of aromatic nitrogens is 1. The van der Waals surface area contributed by atoms with Gasteiger partial charge in [-0.3, -0.25) is 0 Å². The molecule has 1 saturated heterocycles. The lowest BCUT2D eigenvalue weighted by atomic mass is 10.1. The number of esters is 1.